The van der Waals surface area contributed by atoms with Crippen molar-refractivity contribution in [2.45, 2.75) is 77.9 Å². The minimum Gasteiger partial charge on any atom is -0.497 e. The van der Waals surface area contributed by atoms with E-state index in [2.05, 4.69) is 72.1 Å². The SMILES string of the molecule is COc1ccc(CCC#C[Si](C(C)C)(C(C)C)C(C)C)c(C)c1. The van der Waals surface area contributed by atoms with Crippen LogP contribution < -0.4 is 4.74 Å². The van der Waals surface area contributed by atoms with Gasteiger partial charge in [-0.25, -0.2) is 0 Å². The number of aryl methyl sites for hydroxylation is 2. The Balaban J connectivity index is 2.87. The molecule has 0 bridgehead atoms. The van der Waals surface area contributed by atoms with Gasteiger partial charge in [-0.2, -0.15) is 0 Å². The third-order valence-electron chi connectivity index (χ3n) is 5.24. The van der Waals surface area contributed by atoms with Gasteiger partial charge in [-0.05, 0) is 53.2 Å². The van der Waals surface area contributed by atoms with Gasteiger partial charge in [-0.3, -0.25) is 0 Å². The molecular weight excluding hydrogens is 296 g/mol. The molecule has 0 amide bonds. The molecule has 0 radical (unpaired) electrons. The summed E-state index contributed by atoms with van der Waals surface area (Å²) in [5.41, 5.74) is 8.60. The van der Waals surface area contributed by atoms with Crippen molar-refractivity contribution in [3.05, 3.63) is 29.3 Å². The third-order valence-corrected chi connectivity index (χ3v) is 11.6. The zero-order valence-electron chi connectivity index (χ0n) is 16.3. The second kappa shape index (κ2) is 8.59. The number of rotatable bonds is 6. The molecule has 0 atom stereocenters. The molecule has 2 heteroatoms. The Labute approximate surface area is 144 Å². The number of ether oxygens (including phenoxy) is 1. The Kier molecular flexibility index (Phi) is 7.41. The molecular formula is C21H34OSi. The van der Waals surface area contributed by atoms with Gasteiger partial charge >= 0.3 is 0 Å². The van der Waals surface area contributed by atoms with Gasteiger partial charge in [-0.15, -0.1) is 11.5 Å². The molecule has 1 rings (SSSR count). The molecule has 0 saturated carbocycles. The summed E-state index contributed by atoms with van der Waals surface area (Å²) in [6.45, 7) is 16.4. The first-order chi connectivity index (χ1) is 10.8. The maximum atomic E-state index is 5.28. The van der Waals surface area contributed by atoms with Crippen LogP contribution in [0.4, 0.5) is 0 Å². The molecule has 0 fully saturated rings. The molecule has 0 aromatic heterocycles. The second-order valence-electron chi connectivity index (χ2n) is 7.49. The Morgan fingerprint density at radius 1 is 1.00 bits per heavy atom. The molecule has 23 heavy (non-hydrogen) atoms. The van der Waals surface area contributed by atoms with E-state index in [1.165, 1.54) is 11.1 Å². The van der Waals surface area contributed by atoms with Crippen molar-refractivity contribution in [3.63, 3.8) is 0 Å². The molecule has 0 unspecified atom stereocenters. The Hall–Kier alpha value is -1.20. The summed E-state index contributed by atoms with van der Waals surface area (Å²) in [6, 6.07) is 6.33. The van der Waals surface area contributed by atoms with Gasteiger partial charge in [0.25, 0.3) is 0 Å². The average Bonchev–Trinajstić information content (AvgIpc) is 2.47. The lowest BCUT2D eigenvalue weighted by Crippen LogP contribution is -2.43. The predicted molar refractivity (Wildman–Crippen MR) is 105 cm³/mol. The molecule has 0 heterocycles. The van der Waals surface area contributed by atoms with Crippen molar-refractivity contribution in [3.8, 4) is 17.2 Å². The summed E-state index contributed by atoms with van der Waals surface area (Å²) in [5.74, 6) is 4.49. The zero-order valence-corrected chi connectivity index (χ0v) is 17.3. The largest absolute Gasteiger partial charge is 0.497 e. The van der Waals surface area contributed by atoms with Gasteiger partial charge in [0.2, 0.25) is 0 Å². The van der Waals surface area contributed by atoms with E-state index in [9.17, 15) is 0 Å². The Morgan fingerprint density at radius 3 is 2.00 bits per heavy atom. The maximum absolute atomic E-state index is 5.28. The van der Waals surface area contributed by atoms with E-state index in [1.54, 1.807) is 7.11 Å². The first kappa shape index (κ1) is 19.8. The molecule has 0 aliphatic rings. The van der Waals surface area contributed by atoms with E-state index in [-0.39, 0.29) is 0 Å². The maximum Gasteiger partial charge on any atom is 0.145 e. The van der Waals surface area contributed by atoms with E-state index in [4.69, 9.17) is 4.74 Å². The molecule has 1 nitrogen and oxygen atoms in total. The number of methoxy groups -OCH3 is 1. The van der Waals surface area contributed by atoms with Crippen LogP contribution in [0.3, 0.4) is 0 Å². The summed E-state index contributed by atoms with van der Waals surface area (Å²) in [6.07, 6.45) is 1.98. The topological polar surface area (TPSA) is 9.23 Å². The van der Waals surface area contributed by atoms with Crippen LogP contribution in [-0.4, -0.2) is 15.2 Å². The highest BCUT2D eigenvalue weighted by Crippen LogP contribution is 2.40. The monoisotopic (exact) mass is 330 g/mol. The van der Waals surface area contributed by atoms with Crippen molar-refractivity contribution in [2.24, 2.45) is 0 Å². The summed E-state index contributed by atoms with van der Waals surface area (Å²) in [7, 11) is 0.141. The minimum atomic E-state index is -1.58. The molecule has 0 aliphatic heterocycles. The van der Waals surface area contributed by atoms with E-state index in [0.717, 1.165) is 18.6 Å². The lowest BCUT2D eigenvalue weighted by molar-refractivity contribution is 0.414. The fraction of sp³-hybridized carbons (Fsp3) is 0.619. The van der Waals surface area contributed by atoms with Crippen LogP contribution in [0.2, 0.25) is 16.6 Å². The summed E-state index contributed by atoms with van der Waals surface area (Å²) < 4.78 is 5.28. The second-order valence-corrected chi connectivity index (χ2v) is 13.1. The van der Waals surface area contributed by atoms with Crippen LogP contribution in [0.25, 0.3) is 0 Å². The molecule has 1 aromatic rings. The highest BCUT2D eigenvalue weighted by Gasteiger charge is 2.41. The van der Waals surface area contributed by atoms with E-state index >= 15 is 0 Å². The van der Waals surface area contributed by atoms with Crippen LogP contribution >= 0.6 is 0 Å². The van der Waals surface area contributed by atoms with Gasteiger partial charge in [0.15, 0.2) is 0 Å². The minimum absolute atomic E-state index is 0.706. The van der Waals surface area contributed by atoms with E-state index in [1.807, 2.05) is 6.07 Å². The van der Waals surface area contributed by atoms with Gasteiger partial charge in [0.05, 0.1) is 7.11 Å². The normalized spacial score (nSPS) is 11.8. The van der Waals surface area contributed by atoms with Crippen LogP contribution in [-0.2, 0) is 6.42 Å². The van der Waals surface area contributed by atoms with Gasteiger partial charge < -0.3 is 4.74 Å². The first-order valence-electron chi connectivity index (χ1n) is 8.89. The number of benzene rings is 1. The van der Waals surface area contributed by atoms with Crippen molar-refractivity contribution in [2.75, 3.05) is 7.11 Å². The molecule has 0 saturated heterocycles. The smallest absolute Gasteiger partial charge is 0.145 e. The average molecular weight is 331 g/mol. The fourth-order valence-corrected chi connectivity index (χ4v) is 9.22. The van der Waals surface area contributed by atoms with Crippen molar-refractivity contribution in [1.82, 2.24) is 0 Å². The number of hydrogen-bond donors (Lipinski definition) is 0. The number of hydrogen-bond acceptors (Lipinski definition) is 1. The third kappa shape index (κ3) is 4.64. The molecule has 0 N–H and O–H groups in total. The van der Waals surface area contributed by atoms with Crippen LogP contribution in [0, 0.1) is 18.4 Å². The lowest BCUT2D eigenvalue weighted by Gasteiger charge is -2.38. The van der Waals surface area contributed by atoms with Crippen LogP contribution in [0.1, 0.15) is 59.1 Å². The summed E-state index contributed by atoms with van der Waals surface area (Å²) in [4.78, 5) is 0. The zero-order chi connectivity index (χ0) is 17.6. The molecule has 1 aromatic carbocycles. The van der Waals surface area contributed by atoms with Gasteiger partial charge in [-0.1, -0.05) is 47.6 Å². The lowest BCUT2D eigenvalue weighted by atomic mass is 10.0. The van der Waals surface area contributed by atoms with Crippen molar-refractivity contribution < 1.29 is 4.74 Å². The Morgan fingerprint density at radius 2 is 1.57 bits per heavy atom. The highest BCUT2D eigenvalue weighted by molar-refractivity contribution is 6.90. The van der Waals surface area contributed by atoms with E-state index in [0.29, 0.717) is 16.6 Å². The van der Waals surface area contributed by atoms with E-state index < -0.39 is 8.07 Å². The quantitative estimate of drug-likeness (QED) is 0.448. The van der Waals surface area contributed by atoms with Crippen molar-refractivity contribution >= 4 is 8.07 Å². The fourth-order valence-electron chi connectivity index (χ4n) is 3.92. The molecule has 0 spiro atoms. The highest BCUT2D eigenvalue weighted by atomic mass is 28.3. The predicted octanol–water partition coefficient (Wildman–Crippen LogP) is 6.16. The van der Waals surface area contributed by atoms with Gasteiger partial charge in [0.1, 0.15) is 13.8 Å². The van der Waals surface area contributed by atoms with Crippen LogP contribution in [0.15, 0.2) is 18.2 Å². The Bertz CT molecular complexity index is 539. The van der Waals surface area contributed by atoms with Crippen LogP contribution in [0.5, 0.6) is 5.75 Å². The van der Waals surface area contributed by atoms with Crippen molar-refractivity contribution in [1.29, 1.82) is 0 Å². The summed E-state index contributed by atoms with van der Waals surface area (Å²) in [5, 5.41) is 0. The standard InChI is InChI=1S/C21H34OSi/c1-16(2)23(17(3)4,18(5)6)14-10-9-11-20-12-13-21(22-8)15-19(20)7/h12-13,15-18H,9,11H2,1-8H3. The first-order valence-corrected chi connectivity index (χ1v) is 11.1. The molecule has 0 aliphatic carbocycles. The molecule has 128 valence electrons. The summed E-state index contributed by atoms with van der Waals surface area (Å²) >= 11 is 0. The van der Waals surface area contributed by atoms with Gasteiger partial charge in [0, 0.05) is 6.42 Å².